The summed E-state index contributed by atoms with van der Waals surface area (Å²) >= 11 is 0. The third-order valence-electron chi connectivity index (χ3n) is 7.34. The van der Waals surface area contributed by atoms with Crippen molar-refractivity contribution in [3.63, 3.8) is 0 Å². The van der Waals surface area contributed by atoms with Gasteiger partial charge in [0.25, 0.3) is 0 Å². The van der Waals surface area contributed by atoms with E-state index in [4.69, 9.17) is 28.1 Å². The highest BCUT2D eigenvalue weighted by Gasteiger charge is 2.47. The molecule has 0 bridgehead atoms. The molecule has 42 heavy (non-hydrogen) atoms. The molecule has 2 aliphatic heterocycles. The Morgan fingerprint density at radius 1 is 0.762 bits per heavy atom. The third-order valence-corrected chi connectivity index (χ3v) is 7.34. The Labute approximate surface area is 238 Å². The molecular weight excluding hydrogens is 560 g/mol. The molecule has 3 aromatic rings. The lowest BCUT2D eigenvalue weighted by molar-refractivity contribution is -0.323. The fourth-order valence-electron chi connectivity index (χ4n) is 4.83. The Morgan fingerprint density at radius 3 is 2.05 bits per heavy atom. The first-order valence-corrected chi connectivity index (χ1v) is 13.1. The van der Waals surface area contributed by atoms with Crippen molar-refractivity contribution in [2.45, 2.75) is 61.4 Å². The Kier molecular flexibility index (Phi) is 9.10. The van der Waals surface area contributed by atoms with Crippen LogP contribution in [0.4, 0.5) is 0 Å². The van der Waals surface area contributed by atoms with Crippen molar-refractivity contribution in [1.82, 2.24) is 0 Å². The first-order chi connectivity index (χ1) is 20.1. The molecule has 5 rings (SSSR count). The van der Waals surface area contributed by atoms with Crippen LogP contribution in [0.5, 0.6) is 11.5 Å². The van der Waals surface area contributed by atoms with Crippen molar-refractivity contribution in [3.05, 3.63) is 59.0 Å². The highest BCUT2D eigenvalue weighted by molar-refractivity contribution is 5.82. The van der Waals surface area contributed by atoms with Gasteiger partial charge in [-0.25, -0.2) is 0 Å². The zero-order valence-electron chi connectivity index (χ0n) is 22.3. The minimum atomic E-state index is -1.72. The summed E-state index contributed by atoms with van der Waals surface area (Å²) in [6.07, 6.45) is -14.2. The number of aliphatic hydroxyl groups is 7. The number of hydrogen-bond acceptors (Lipinski definition) is 14. The molecule has 7 N–H and O–H groups in total. The summed E-state index contributed by atoms with van der Waals surface area (Å²) in [5, 5.41) is 71.0. The molecule has 3 heterocycles. The van der Waals surface area contributed by atoms with Crippen LogP contribution in [-0.2, 0) is 14.2 Å². The van der Waals surface area contributed by atoms with Crippen LogP contribution < -0.4 is 14.9 Å². The molecule has 2 aromatic carbocycles. The van der Waals surface area contributed by atoms with Gasteiger partial charge in [-0.2, -0.15) is 0 Å². The van der Waals surface area contributed by atoms with Gasteiger partial charge >= 0.3 is 0 Å². The van der Waals surface area contributed by atoms with E-state index in [0.717, 1.165) is 0 Å². The average Bonchev–Trinajstić information content (AvgIpc) is 3.00. The smallest absolute Gasteiger partial charge is 0.229 e. The van der Waals surface area contributed by atoms with E-state index in [-0.39, 0.29) is 22.1 Å². The van der Waals surface area contributed by atoms with Gasteiger partial charge in [0.1, 0.15) is 72.2 Å². The molecule has 228 valence electrons. The number of ether oxygens (including phenoxy) is 5. The maximum atomic E-state index is 13.1. The minimum absolute atomic E-state index is 0.115. The van der Waals surface area contributed by atoms with E-state index in [9.17, 15) is 40.5 Å². The summed E-state index contributed by atoms with van der Waals surface area (Å²) in [6.45, 7) is -1.17. The van der Waals surface area contributed by atoms with Crippen molar-refractivity contribution >= 4 is 11.0 Å². The molecule has 0 spiro atoms. The molecule has 2 aliphatic rings. The topological polar surface area (TPSA) is 218 Å². The molecule has 14 heteroatoms. The van der Waals surface area contributed by atoms with Gasteiger partial charge in [0.05, 0.1) is 31.3 Å². The van der Waals surface area contributed by atoms with Crippen molar-refractivity contribution in [2.24, 2.45) is 0 Å². The second-order valence-electron chi connectivity index (χ2n) is 10.0. The zero-order chi connectivity index (χ0) is 30.1. The predicted octanol–water partition coefficient (Wildman–Crippen LogP) is -1.53. The molecular formula is C28H32O14. The molecule has 0 unspecified atom stereocenters. The van der Waals surface area contributed by atoms with Gasteiger partial charge in [-0.05, 0) is 29.8 Å². The number of rotatable bonds is 8. The highest BCUT2D eigenvalue weighted by Crippen LogP contribution is 2.29. The fourth-order valence-corrected chi connectivity index (χ4v) is 4.83. The quantitative estimate of drug-likeness (QED) is 0.158. The monoisotopic (exact) mass is 592 g/mol. The van der Waals surface area contributed by atoms with Gasteiger partial charge in [0, 0.05) is 6.07 Å². The Bertz CT molecular complexity index is 1410. The molecule has 0 saturated carbocycles. The van der Waals surface area contributed by atoms with Crippen LogP contribution in [0.2, 0.25) is 0 Å². The molecule has 0 aliphatic carbocycles. The number of methoxy groups -OCH3 is 1. The second kappa shape index (κ2) is 12.6. The van der Waals surface area contributed by atoms with E-state index >= 15 is 0 Å². The number of aliphatic hydroxyl groups excluding tert-OH is 7. The number of benzene rings is 2. The molecule has 14 nitrogen and oxygen atoms in total. The summed E-state index contributed by atoms with van der Waals surface area (Å²) in [4.78, 5) is 13.1. The lowest BCUT2D eigenvalue weighted by atomic mass is 9.98. The van der Waals surface area contributed by atoms with Crippen LogP contribution in [0.15, 0.2) is 57.9 Å². The van der Waals surface area contributed by atoms with E-state index in [1.807, 2.05) is 0 Å². The molecule has 1 aromatic heterocycles. The van der Waals surface area contributed by atoms with E-state index in [0.29, 0.717) is 16.9 Å². The largest absolute Gasteiger partial charge is 0.497 e. The van der Waals surface area contributed by atoms with Gasteiger partial charge in [-0.1, -0.05) is 12.1 Å². The van der Waals surface area contributed by atoms with Crippen molar-refractivity contribution < 1.29 is 63.8 Å². The van der Waals surface area contributed by atoms with Gasteiger partial charge in [-0.3, -0.25) is 4.79 Å². The summed E-state index contributed by atoms with van der Waals surface area (Å²) in [5.74, 6) is 0.752. The third kappa shape index (κ3) is 5.87. The summed E-state index contributed by atoms with van der Waals surface area (Å²) in [5.41, 5.74) is 0.869. The van der Waals surface area contributed by atoms with E-state index < -0.39 is 74.6 Å². The Hall–Kier alpha value is -3.15. The lowest BCUT2D eigenvalue weighted by Gasteiger charge is -2.42. The molecule has 2 fully saturated rings. The van der Waals surface area contributed by atoms with Crippen molar-refractivity contribution in [2.75, 3.05) is 20.3 Å². The Morgan fingerprint density at radius 2 is 1.38 bits per heavy atom. The molecule has 0 amide bonds. The average molecular weight is 593 g/mol. The van der Waals surface area contributed by atoms with Gasteiger partial charge in [0.15, 0.2) is 11.7 Å². The highest BCUT2D eigenvalue weighted by atomic mass is 16.7. The minimum Gasteiger partial charge on any atom is -0.497 e. The van der Waals surface area contributed by atoms with Crippen LogP contribution >= 0.6 is 0 Å². The maximum absolute atomic E-state index is 13.1. The van der Waals surface area contributed by atoms with E-state index in [1.165, 1.54) is 31.6 Å². The molecule has 10 atom stereocenters. The normalized spacial score (nSPS) is 33.4. The van der Waals surface area contributed by atoms with Gasteiger partial charge < -0.3 is 63.8 Å². The van der Waals surface area contributed by atoms with Crippen LogP contribution in [0.1, 0.15) is 0 Å². The SMILES string of the molecule is COc1ccc(-c2coc3cc(O[C@H]4O[C@H](CO[C@H]5O[C@@H](CO)[C@H](O)[C@@H](O)[C@@H]5O)[C@@H](O)[C@H](O)[C@H]4O)ccc3c2=O)cc1. The first-order valence-electron chi connectivity index (χ1n) is 13.1. The van der Waals surface area contributed by atoms with Crippen molar-refractivity contribution in [1.29, 1.82) is 0 Å². The predicted molar refractivity (Wildman–Crippen MR) is 142 cm³/mol. The van der Waals surface area contributed by atoms with Gasteiger partial charge in [0.2, 0.25) is 6.29 Å². The van der Waals surface area contributed by atoms with Crippen LogP contribution in [0.3, 0.4) is 0 Å². The fraction of sp³-hybridized carbons (Fsp3) is 0.464. The lowest BCUT2D eigenvalue weighted by Crippen LogP contribution is -2.62. The maximum Gasteiger partial charge on any atom is 0.229 e. The van der Waals surface area contributed by atoms with Crippen LogP contribution in [0.25, 0.3) is 22.1 Å². The van der Waals surface area contributed by atoms with E-state index in [1.54, 1.807) is 24.3 Å². The Balaban J connectivity index is 1.29. The number of hydrogen-bond donors (Lipinski definition) is 7. The summed E-state index contributed by atoms with van der Waals surface area (Å²) < 4.78 is 32.9. The van der Waals surface area contributed by atoms with Crippen LogP contribution in [0, 0.1) is 0 Å². The van der Waals surface area contributed by atoms with E-state index in [2.05, 4.69) is 0 Å². The zero-order valence-corrected chi connectivity index (χ0v) is 22.3. The first kappa shape index (κ1) is 30.3. The molecule has 0 radical (unpaired) electrons. The van der Waals surface area contributed by atoms with Crippen LogP contribution in [-0.4, -0.2) is 117 Å². The standard InChI is InChI=1S/C28H32O14/c1-37-13-4-2-12(3-5-13)16-10-38-17-8-14(6-7-15(17)20(16)30)40-28-26(36)24(34)22(32)19(42-28)11-39-27-25(35)23(33)21(31)18(9-29)41-27/h2-8,10,18-19,21-29,31-36H,9,11H2,1H3/t18-,19+,21-,22+,23+,24-,25-,26+,27-,28-/m0/s1. The number of fused-ring (bicyclic) bond motifs is 1. The second-order valence-corrected chi connectivity index (χ2v) is 10.0. The summed E-state index contributed by atoms with van der Waals surface area (Å²) in [7, 11) is 1.54. The summed E-state index contributed by atoms with van der Waals surface area (Å²) in [6, 6.07) is 11.2. The van der Waals surface area contributed by atoms with Crippen molar-refractivity contribution in [3.8, 4) is 22.6 Å². The van der Waals surface area contributed by atoms with Gasteiger partial charge in [-0.15, -0.1) is 0 Å². The molecule has 2 saturated heterocycles.